The molecule has 1 spiro atoms. The van der Waals surface area contributed by atoms with Gasteiger partial charge in [0, 0.05) is 39.3 Å². The van der Waals surface area contributed by atoms with Gasteiger partial charge in [0.15, 0.2) is 0 Å². The Morgan fingerprint density at radius 3 is 1.77 bits per heavy atom. The monoisotopic (exact) mass is 738 g/mol. The normalized spacial score (nSPS) is 22.8. The fraction of sp³-hybridized carbons (Fsp3) is 0.208. The summed E-state index contributed by atoms with van der Waals surface area (Å²) in [5, 5.41) is 3.71. The van der Waals surface area contributed by atoms with E-state index in [2.05, 4.69) is 169 Å². The maximum atomic E-state index is 6.77. The number of hydrogen-bond donors (Lipinski definition) is 0. The molecule has 13 rings (SSSR count). The smallest absolute Gasteiger partial charge is 0.137 e. The molecule has 4 fully saturated rings. The lowest BCUT2D eigenvalue weighted by molar-refractivity contribution is -0.0399. The Balaban J connectivity index is 0.926. The molecular formula is C53H44NOSi-. The van der Waals surface area contributed by atoms with E-state index in [9.17, 15) is 0 Å². The zero-order valence-corrected chi connectivity index (χ0v) is 32.9. The molecule has 5 aliphatic carbocycles. The van der Waals surface area contributed by atoms with Gasteiger partial charge in [-0.15, -0.1) is 0 Å². The van der Waals surface area contributed by atoms with Gasteiger partial charge in [-0.25, -0.2) is 5.19 Å². The minimum absolute atomic E-state index is 0.204. The number of benzene rings is 7. The van der Waals surface area contributed by atoms with Crippen LogP contribution in [0.1, 0.15) is 43.2 Å². The molecule has 0 saturated heterocycles. The maximum absolute atomic E-state index is 6.77. The predicted octanol–water partition coefficient (Wildman–Crippen LogP) is 13.2. The number of nitrogens with zero attached hydrogens (tertiary/aromatic N) is 1. The van der Waals surface area contributed by atoms with Gasteiger partial charge in [-0.1, -0.05) is 97.1 Å². The van der Waals surface area contributed by atoms with Crippen molar-refractivity contribution >= 4 is 53.7 Å². The number of rotatable bonds is 6. The van der Waals surface area contributed by atoms with Crippen LogP contribution >= 0.6 is 0 Å². The summed E-state index contributed by atoms with van der Waals surface area (Å²) in [6.45, 7) is 2.29. The van der Waals surface area contributed by atoms with E-state index in [1.54, 1.807) is 11.1 Å². The molecule has 7 aromatic carbocycles. The van der Waals surface area contributed by atoms with E-state index in [1.165, 1.54) is 70.7 Å². The first kappa shape index (κ1) is 32.6. The summed E-state index contributed by atoms with van der Waals surface area (Å²) >= 11 is 0. The lowest BCUT2D eigenvalue weighted by atomic mass is 9.43. The van der Waals surface area contributed by atoms with Gasteiger partial charge >= 0.3 is 0 Å². The number of anilines is 3. The summed E-state index contributed by atoms with van der Waals surface area (Å²) in [5.74, 6) is 3.47. The third kappa shape index (κ3) is 4.80. The van der Waals surface area contributed by atoms with E-state index in [1.807, 2.05) is 0 Å². The molecule has 0 radical (unpaired) electrons. The Labute approximate surface area is 331 Å². The van der Waals surface area contributed by atoms with Crippen molar-refractivity contribution in [2.75, 3.05) is 4.90 Å². The largest absolute Gasteiger partial charge is 0.456 e. The average Bonchev–Trinajstić information content (AvgIpc) is 3.76. The Morgan fingerprint density at radius 1 is 0.482 bits per heavy atom. The van der Waals surface area contributed by atoms with Crippen molar-refractivity contribution in [2.24, 2.45) is 23.7 Å². The number of fused-ring (bicyclic) bond motifs is 6. The second-order valence-corrected chi connectivity index (χ2v) is 18.3. The Morgan fingerprint density at radius 2 is 1.04 bits per heavy atom. The molecule has 0 N–H and O–H groups in total. The minimum atomic E-state index is 0.204. The highest BCUT2D eigenvalue weighted by atomic mass is 28.2. The van der Waals surface area contributed by atoms with Crippen molar-refractivity contribution in [3.05, 3.63) is 169 Å². The lowest BCUT2D eigenvalue weighted by Gasteiger charge is -2.61. The maximum Gasteiger partial charge on any atom is 0.137 e. The molecule has 4 saturated carbocycles. The van der Waals surface area contributed by atoms with Gasteiger partial charge in [0.2, 0.25) is 0 Å². The quantitative estimate of drug-likeness (QED) is 0.158. The fourth-order valence-corrected chi connectivity index (χ4v) is 12.7. The molecule has 0 unspecified atom stereocenters. The van der Waals surface area contributed by atoms with Gasteiger partial charge in [0.25, 0.3) is 0 Å². The molecular weight excluding hydrogens is 695 g/mol. The Kier molecular flexibility index (Phi) is 7.23. The SMILES string of the molecule is C[SiH-]c1ccc(N(c2ccc(-c3ccccc3)cc2)c2ccc3c(c2)oc2cc(-c4ccc5c(c4)-c4ccccc4C54C5CC6CC(C5)CC4C6)ccc23)cc1. The average molecular weight is 739 g/mol. The zero-order chi connectivity index (χ0) is 37.0. The van der Waals surface area contributed by atoms with E-state index in [4.69, 9.17) is 4.42 Å². The first-order valence-corrected chi connectivity index (χ1v) is 22.4. The second-order valence-electron chi connectivity index (χ2n) is 17.1. The Hall–Kier alpha value is -5.64. The topological polar surface area (TPSA) is 16.4 Å². The van der Waals surface area contributed by atoms with Crippen LogP contribution < -0.4 is 10.1 Å². The van der Waals surface area contributed by atoms with Crippen LogP contribution in [0, 0.1) is 23.7 Å². The highest BCUT2D eigenvalue weighted by Crippen LogP contribution is 2.69. The summed E-state index contributed by atoms with van der Waals surface area (Å²) in [7, 11) is 0.265. The van der Waals surface area contributed by atoms with Crippen LogP contribution in [0.3, 0.4) is 0 Å². The first-order valence-electron chi connectivity index (χ1n) is 20.7. The molecule has 0 amide bonds. The van der Waals surface area contributed by atoms with Crippen LogP contribution in [0.4, 0.5) is 17.1 Å². The highest BCUT2D eigenvalue weighted by Gasteiger charge is 2.61. The third-order valence-electron chi connectivity index (χ3n) is 14.3. The molecule has 272 valence electrons. The van der Waals surface area contributed by atoms with Gasteiger partial charge in [-0.05, 0) is 155 Å². The molecule has 2 nitrogen and oxygen atoms in total. The molecule has 4 bridgehead atoms. The van der Waals surface area contributed by atoms with Gasteiger partial charge in [0.05, 0.1) is 0 Å². The van der Waals surface area contributed by atoms with Crippen LogP contribution in [0.25, 0.3) is 55.3 Å². The summed E-state index contributed by atoms with van der Waals surface area (Å²) in [6, 6.07) is 59.0. The third-order valence-corrected chi connectivity index (χ3v) is 15.4. The highest BCUT2D eigenvalue weighted by molar-refractivity contribution is 6.51. The fourth-order valence-electron chi connectivity index (χ4n) is 12.1. The molecule has 3 heteroatoms. The van der Waals surface area contributed by atoms with Gasteiger partial charge < -0.3 is 18.8 Å². The molecule has 1 aromatic heterocycles. The Bertz CT molecular complexity index is 2770. The zero-order valence-electron chi connectivity index (χ0n) is 31.8. The molecule has 8 aromatic rings. The molecule has 5 aliphatic rings. The lowest BCUT2D eigenvalue weighted by Crippen LogP contribution is -2.55. The van der Waals surface area contributed by atoms with Crippen LogP contribution in [0.15, 0.2) is 162 Å². The summed E-state index contributed by atoms with van der Waals surface area (Å²) < 4.78 is 6.77. The van der Waals surface area contributed by atoms with Crippen molar-refractivity contribution in [3.8, 4) is 33.4 Å². The van der Waals surface area contributed by atoms with E-state index in [-0.39, 0.29) is 14.9 Å². The second kappa shape index (κ2) is 12.4. The molecule has 0 atom stereocenters. The minimum Gasteiger partial charge on any atom is -0.456 e. The van der Waals surface area contributed by atoms with Crippen molar-refractivity contribution in [2.45, 2.75) is 44.1 Å². The van der Waals surface area contributed by atoms with E-state index in [0.717, 1.165) is 62.7 Å². The summed E-state index contributed by atoms with van der Waals surface area (Å²) in [4.78, 5) is 2.35. The predicted molar refractivity (Wildman–Crippen MR) is 235 cm³/mol. The van der Waals surface area contributed by atoms with Crippen molar-refractivity contribution < 1.29 is 4.42 Å². The van der Waals surface area contributed by atoms with Crippen LogP contribution in [0.5, 0.6) is 0 Å². The molecule has 56 heavy (non-hydrogen) atoms. The summed E-state index contributed by atoms with van der Waals surface area (Å²) in [6.07, 6.45) is 7.14. The first-order chi connectivity index (χ1) is 27.6. The van der Waals surface area contributed by atoms with Crippen LogP contribution in [0.2, 0.25) is 6.55 Å². The van der Waals surface area contributed by atoms with E-state index < -0.39 is 0 Å². The molecule has 0 aliphatic heterocycles. The van der Waals surface area contributed by atoms with Crippen LogP contribution in [-0.4, -0.2) is 9.52 Å². The standard InChI is InChI=1S/C53H44NOSi/c1-56-44-20-17-42(18-21-44)54(41-15-11-36(12-16-41)35-7-3-2-4-8-35)43-19-23-47-46-22-13-38(31-51(46)55-52(47)32-43)37-14-24-50-48(30-37)45-9-5-6-10-49(45)53(50)39-26-33-25-34(28-39)29-40(53)27-33/h2-24,30-34,39-40,56H,25-29H2,1H3/q-1. The van der Waals surface area contributed by atoms with Gasteiger partial charge in [-0.2, -0.15) is 6.55 Å². The summed E-state index contributed by atoms with van der Waals surface area (Å²) in [5.41, 5.74) is 16.5. The van der Waals surface area contributed by atoms with E-state index in [0.29, 0.717) is 0 Å². The van der Waals surface area contributed by atoms with Crippen molar-refractivity contribution in [1.82, 2.24) is 0 Å². The van der Waals surface area contributed by atoms with Gasteiger partial charge in [-0.3, -0.25) is 0 Å². The van der Waals surface area contributed by atoms with Crippen molar-refractivity contribution in [1.29, 1.82) is 0 Å². The number of hydrogen-bond acceptors (Lipinski definition) is 2. The molecule has 1 heterocycles. The van der Waals surface area contributed by atoms with Crippen molar-refractivity contribution in [3.63, 3.8) is 0 Å². The number of furan rings is 1. The van der Waals surface area contributed by atoms with Crippen LogP contribution in [-0.2, 0) is 5.41 Å². The van der Waals surface area contributed by atoms with E-state index >= 15 is 0 Å². The van der Waals surface area contributed by atoms with Gasteiger partial charge in [0.1, 0.15) is 11.2 Å².